The molecule has 0 aliphatic heterocycles. The highest BCUT2D eigenvalue weighted by Gasteiger charge is 2.21. The zero-order valence-corrected chi connectivity index (χ0v) is 17.9. The fourth-order valence-corrected chi connectivity index (χ4v) is 3.76. The minimum atomic E-state index is -0.838. The molecule has 0 saturated heterocycles. The summed E-state index contributed by atoms with van der Waals surface area (Å²) in [6.07, 6.45) is 4.13. The molecule has 1 fully saturated rings. The van der Waals surface area contributed by atoms with Crippen molar-refractivity contribution in [3.63, 3.8) is 0 Å². The number of rotatable bonds is 6. The van der Waals surface area contributed by atoms with Gasteiger partial charge in [-0.25, -0.2) is 14.3 Å². The molecule has 1 aliphatic rings. The first-order valence-corrected chi connectivity index (χ1v) is 10.5. The topological polar surface area (TPSA) is 128 Å². The number of nitrogens with one attached hydrogen (secondary N) is 2. The number of para-hydroxylation sites is 1. The van der Waals surface area contributed by atoms with E-state index in [1.54, 1.807) is 24.3 Å². The number of ether oxygens (including phenoxy) is 1. The maximum atomic E-state index is 12.6. The smallest absolute Gasteiger partial charge is 0.378 e. The quantitative estimate of drug-likeness (QED) is 0.567. The molecular weight excluding hydrogens is 412 g/mol. The van der Waals surface area contributed by atoms with Crippen molar-refractivity contribution in [2.45, 2.75) is 45.6 Å². The van der Waals surface area contributed by atoms with Gasteiger partial charge in [0.1, 0.15) is 0 Å². The van der Waals surface area contributed by atoms with Crippen LogP contribution in [0.2, 0.25) is 0 Å². The van der Waals surface area contributed by atoms with E-state index in [1.807, 2.05) is 19.9 Å². The van der Waals surface area contributed by atoms with Crippen LogP contribution in [0.1, 0.15) is 58.0 Å². The highest BCUT2D eigenvalue weighted by Crippen LogP contribution is 2.20. The lowest BCUT2D eigenvalue weighted by Gasteiger charge is -2.15. The Morgan fingerprint density at radius 2 is 1.88 bits per heavy atom. The van der Waals surface area contributed by atoms with Gasteiger partial charge in [0.2, 0.25) is 0 Å². The summed E-state index contributed by atoms with van der Waals surface area (Å²) in [4.78, 5) is 45.6. The third kappa shape index (κ3) is 4.74. The molecule has 166 valence electrons. The van der Waals surface area contributed by atoms with Gasteiger partial charge in [0.25, 0.3) is 23.4 Å². The molecule has 0 atom stereocenters. The molecule has 10 nitrogen and oxygen atoms in total. The van der Waals surface area contributed by atoms with Crippen LogP contribution in [0.3, 0.4) is 0 Å². The fraction of sp³-hybridized carbons (Fsp3) is 0.364. The van der Waals surface area contributed by atoms with Crippen LogP contribution in [0.4, 0.5) is 5.69 Å². The lowest BCUT2D eigenvalue weighted by Crippen LogP contribution is -2.33. The van der Waals surface area contributed by atoms with Crippen LogP contribution in [0.25, 0.3) is 5.78 Å². The molecule has 2 aromatic heterocycles. The average Bonchev–Trinajstić information content (AvgIpc) is 3.42. The molecule has 2 N–H and O–H groups in total. The molecule has 3 aromatic rings. The fourth-order valence-electron chi connectivity index (χ4n) is 3.76. The van der Waals surface area contributed by atoms with E-state index in [-0.39, 0.29) is 23.6 Å². The van der Waals surface area contributed by atoms with E-state index in [0.29, 0.717) is 11.3 Å². The summed E-state index contributed by atoms with van der Waals surface area (Å²) in [5.74, 6) is -1.56. The first kappa shape index (κ1) is 21.4. The van der Waals surface area contributed by atoms with Gasteiger partial charge >= 0.3 is 5.97 Å². The standard InChI is InChI=1S/C22H24N6O4/c1-13-11-14(2)28-22(23-13)26-19(27-28)21(31)32-12-18(29)25-17-10-6-5-9-16(17)20(30)24-15-7-3-4-8-15/h5-6,9-11,15H,3-4,7-8,12H2,1-2H3,(H,24,30)(H,25,29). The highest BCUT2D eigenvalue weighted by atomic mass is 16.5. The van der Waals surface area contributed by atoms with Crippen molar-refractivity contribution in [1.82, 2.24) is 24.9 Å². The number of benzene rings is 1. The number of esters is 1. The van der Waals surface area contributed by atoms with Gasteiger partial charge < -0.3 is 15.4 Å². The number of fused-ring (bicyclic) bond motifs is 1. The molecule has 1 aliphatic carbocycles. The van der Waals surface area contributed by atoms with Crippen LogP contribution in [0, 0.1) is 13.8 Å². The number of nitrogens with zero attached hydrogens (tertiary/aromatic N) is 4. The van der Waals surface area contributed by atoms with E-state index in [2.05, 4.69) is 25.7 Å². The molecule has 0 radical (unpaired) electrons. The molecule has 1 aromatic carbocycles. The summed E-state index contributed by atoms with van der Waals surface area (Å²) < 4.78 is 6.49. The summed E-state index contributed by atoms with van der Waals surface area (Å²) in [5, 5.41) is 9.72. The first-order valence-electron chi connectivity index (χ1n) is 10.5. The Labute approximate surface area is 184 Å². The van der Waals surface area contributed by atoms with Crippen LogP contribution >= 0.6 is 0 Å². The second-order valence-corrected chi connectivity index (χ2v) is 7.81. The first-order chi connectivity index (χ1) is 15.4. The van der Waals surface area contributed by atoms with Crippen molar-refractivity contribution in [3.8, 4) is 0 Å². The van der Waals surface area contributed by atoms with E-state index in [4.69, 9.17) is 4.74 Å². The minimum Gasteiger partial charge on any atom is -0.450 e. The lowest BCUT2D eigenvalue weighted by atomic mass is 10.1. The Kier molecular flexibility index (Phi) is 6.11. The van der Waals surface area contributed by atoms with Gasteiger partial charge in [-0.1, -0.05) is 25.0 Å². The maximum absolute atomic E-state index is 12.6. The summed E-state index contributed by atoms with van der Waals surface area (Å²) in [6, 6.07) is 8.68. The van der Waals surface area contributed by atoms with Crippen molar-refractivity contribution in [3.05, 3.63) is 53.1 Å². The van der Waals surface area contributed by atoms with E-state index in [9.17, 15) is 14.4 Å². The normalized spacial score (nSPS) is 13.8. The van der Waals surface area contributed by atoms with Gasteiger partial charge in [0.15, 0.2) is 6.61 Å². The van der Waals surface area contributed by atoms with E-state index in [0.717, 1.165) is 37.1 Å². The Morgan fingerprint density at radius 3 is 2.66 bits per heavy atom. The maximum Gasteiger partial charge on any atom is 0.378 e. The number of aryl methyl sites for hydroxylation is 2. The van der Waals surface area contributed by atoms with Gasteiger partial charge in [-0.05, 0) is 44.9 Å². The van der Waals surface area contributed by atoms with E-state index in [1.165, 1.54) is 4.52 Å². The van der Waals surface area contributed by atoms with Gasteiger partial charge in [-0.2, -0.15) is 4.98 Å². The predicted octanol–water partition coefficient (Wildman–Crippen LogP) is 2.21. The van der Waals surface area contributed by atoms with Crippen molar-refractivity contribution in [2.75, 3.05) is 11.9 Å². The molecule has 0 bridgehead atoms. The van der Waals surface area contributed by atoms with Crippen LogP contribution in [0.5, 0.6) is 0 Å². The van der Waals surface area contributed by atoms with Crippen molar-refractivity contribution >= 4 is 29.2 Å². The summed E-state index contributed by atoms with van der Waals surface area (Å²) in [7, 11) is 0. The molecule has 1 saturated carbocycles. The number of anilines is 1. The number of carbonyl (C=O) groups is 3. The van der Waals surface area contributed by atoms with E-state index >= 15 is 0 Å². The summed E-state index contributed by atoms with van der Waals surface area (Å²) in [6.45, 7) is 3.09. The molecule has 10 heteroatoms. The monoisotopic (exact) mass is 436 g/mol. The SMILES string of the molecule is Cc1cc(C)n2nc(C(=O)OCC(=O)Nc3ccccc3C(=O)NC3CCCC3)nc2n1. The van der Waals surface area contributed by atoms with Crippen LogP contribution in [0.15, 0.2) is 30.3 Å². The number of hydrogen-bond acceptors (Lipinski definition) is 7. The van der Waals surface area contributed by atoms with Crippen LogP contribution in [-0.4, -0.2) is 50.0 Å². The van der Waals surface area contributed by atoms with Crippen LogP contribution in [-0.2, 0) is 9.53 Å². The molecule has 0 spiro atoms. The highest BCUT2D eigenvalue weighted by molar-refractivity contribution is 6.04. The Bertz CT molecular complexity index is 1180. The zero-order valence-electron chi connectivity index (χ0n) is 17.9. The minimum absolute atomic E-state index is 0.159. The van der Waals surface area contributed by atoms with Crippen molar-refractivity contribution < 1.29 is 19.1 Å². The lowest BCUT2D eigenvalue weighted by molar-refractivity contribution is -0.119. The Hall–Kier alpha value is -3.82. The average molecular weight is 436 g/mol. The Balaban J connectivity index is 1.37. The second-order valence-electron chi connectivity index (χ2n) is 7.81. The van der Waals surface area contributed by atoms with Crippen LogP contribution < -0.4 is 10.6 Å². The number of carbonyl (C=O) groups excluding carboxylic acids is 3. The summed E-state index contributed by atoms with van der Waals surface area (Å²) >= 11 is 0. The number of aromatic nitrogens is 4. The number of amides is 2. The van der Waals surface area contributed by atoms with Gasteiger partial charge in [0, 0.05) is 17.4 Å². The molecular formula is C22H24N6O4. The summed E-state index contributed by atoms with van der Waals surface area (Å²) in [5.41, 5.74) is 2.23. The van der Waals surface area contributed by atoms with Crippen molar-refractivity contribution in [2.24, 2.45) is 0 Å². The second kappa shape index (κ2) is 9.13. The molecule has 0 unspecified atom stereocenters. The third-order valence-corrected chi connectivity index (χ3v) is 5.27. The third-order valence-electron chi connectivity index (χ3n) is 5.27. The largest absolute Gasteiger partial charge is 0.450 e. The Morgan fingerprint density at radius 1 is 1.12 bits per heavy atom. The molecule has 2 amide bonds. The molecule has 4 rings (SSSR count). The van der Waals surface area contributed by atoms with Gasteiger partial charge in [-0.3, -0.25) is 9.59 Å². The van der Waals surface area contributed by atoms with Gasteiger partial charge in [0.05, 0.1) is 11.3 Å². The number of hydrogen-bond donors (Lipinski definition) is 2. The predicted molar refractivity (Wildman–Crippen MR) is 115 cm³/mol. The van der Waals surface area contributed by atoms with Crippen molar-refractivity contribution in [1.29, 1.82) is 0 Å². The zero-order chi connectivity index (χ0) is 22.7. The molecule has 32 heavy (non-hydrogen) atoms. The van der Waals surface area contributed by atoms with Gasteiger partial charge in [-0.15, -0.1) is 5.10 Å². The van der Waals surface area contributed by atoms with E-state index < -0.39 is 18.5 Å². The molecule has 2 heterocycles.